The maximum absolute atomic E-state index is 12.3. The second-order valence-corrected chi connectivity index (χ2v) is 6.21. The molecule has 1 heterocycles. The smallest absolute Gasteiger partial charge is 0.255 e. The molecule has 0 fully saturated rings. The quantitative estimate of drug-likeness (QED) is 0.449. The summed E-state index contributed by atoms with van der Waals surface area (Å²) in [7, 11) is 0. The van der Waals surface area contributed by atoms with Crippen LogP contribution in [0.15, 0.2) is 54.7 Å². The molecule has 6 nitrogen and oxygen atoms in total. The zero-order chi connectivity index (χ0) is 18.5. The number of halogens is 2. The van der Waals surface area contributed by atoms with Crippen LogP contribution in [0.3, 0.4) is 0 Å². The number of nitrogens with two attached hydrogens (primary N) is 1. The van der Waals surface area contributed by atoms with Crippen LogP contribution in [-0.2, 0) is 6.54 Å². The van der Waals surface area contributed by atoms with E-state index in [2.05, 4.69) is 20.6 Å². The Hall–Kier alpha value is -2.83. The molecule has 1 amide bonds. The van der Waals surface area contributed by atoms with Crippen molar-refractivity contribution >= 4 is 46.3 Å². The van der Waals surface area contributed by atoms with E-state index in [9.17, 15) is 4.79 Å². The fraction of sp³-hybridized carbons (Fsp3) is 0.0556. The minimum absolute atomic E-state index is 0.111. The predicted molar refractivity (Wildman–Crippen MR) is 105 cm³/mol. The number of aromatic nitrogens is 2. The number of hydrogen-bond acceptors (Lipinski definition) is 5. The van der Waals surface area contributed by atoms with E-state index in [0.717, 1.165) is 5.56 Å². The number of carbonyl (C=O) groups excluding carboxylic acids is 1. The molecule has 0 aliphatic rings. The van der Waals surface area contributed by atoms with Crippen LogP contribution in [0.5, 0.6) is 0 Å². The lowest BCUT2D eigenvalue weighted by Gasteiger charge is -2.10. The third kappa shape index (κ3) is 4.62. The van der Waals surface area contributed by atoms with Crippen molar-refractivity contribution in [1.82, 2.24) is 9.97 Å². The number of nitrogens with one attached hydrogen (secondary N) is 2. The molecule has 8 heteroatoms. The van der Waals surface area contributed by atoms with Gasteiger partial charge in [0.25, 0.3) is 5.91 Å². The van der Waals surface area contributed by atoms with Crippen LogP contribution in [0.25, 0.3) is 0 Å². The van der Waals surface area contributed by atoms with Crippen LogP contribution in [0.4, 0.5) is 17.2 Å². The van der Waals surface area contributed by atoms with Gasteiger partial charge in [0.05, 0.1) is 6.20 Å². The van der Waals surface area contributed by atoms with Gasteiger partial charge in [-0.15, -0.1) is 0 Å². The van der Waals surface area contributed by atoms with Crippen LogP contribution < -0.4 is 16.4 Å². The van der Waals surface area contributed by atoms with Gasteiger partial charge >= 0.3 is 0 Å². The maximum atomic E-state index is 12.3. The second-order valence-electron chi connectivity index (χ2n) is 5.47. The van der Waals surface area contributed by atoms with Gasteiger partial charge < -0.3 is 16.4 Å². The molecule has 2 aromatic carbocycles. The first-order valence-electron chi connectivity index (χ1n) is 7.69. The number of carbonyl (C=O) groups is 1. The van der Waals surface area contributed by atoms with E-state index in [-0.39, 0.29) is 11.2 Å². The average Bonchev–Trinajstić information content (AvgIpc) is 2.63. The summed E-state index contributed by atoms with van der Waals surface area (Å²) in [5.74, 6) is 0.217. The minimum atomic E-state index is -0.229. The van der Waals surface area contributed by atoms with Crippen LogP contribution in [0.1, 0.15) is 15.9 Å². The number of hydrogen-bond donors (Lipinski definition) is 3. The zero-order valence-electron chi connectivity index (χ0n) is 13.5. The Kier molecular flexibility index (Phi) is 5.55. The van der Waals surface area contributed by atoms with Crippen LogP contribution >= 0.6 is 23.2 Å². The molecule has 1 aromatic heterocycles. The number of amides is 1. The van der Waals surface area contributed by atoms with Crippen molar-refractivity contribution in [2.45, 2.75) is 6.54 Å². The Balaban J connectivity index is 1.68. The molecular weight excluding hydrogens is 373 g/mol. The van der Waals surface area contributed by atoms with Crippen LogP contribution in [0.2, 0.25) is 10.3 Å². The van der Waals surface area contributed by atoms with Crippen molar-refractivity contribution in [2.24, 2.45) is 0 Å². The summed E-state index contributed by atoms with van der Waals surface area (Å²) in [5.41, 5.74) is 8.35. The summed E-state index contributed by atoms with van der Waals surface area (Å²) in [6.45, 7) is 0.453. The molecule has 0 aliphatic carbocycles. The number of rotatable bonds is 5. The molecule has 4 N–H and O–H groups in total. The Morgan fingerprint density at radius 2 is 1.92 bits per heavy atom. The Morgan fingerprint density at radius 1 is 1.12 bits per heavy atom. The summed E-state index contributed by atoms with van der Waals surface area (Å²) in [6.07, 6.45) is 1.43. The molecule has 0 saturated heterocycles. The van der Waals surface area contributed by atoms with Gasteiger partial charge in [0.15, 0.2) is 0 Å². The lowest BCUT2D eigenvalue weighted by Crippen LogP contribution is -2.12. The van der Waals surface area contributed by atoms with E-state index in [1.54, 1.807) is 24.3 Å². The van der Waals surface area contributed by atoms with Crippen molar-refractivity contribution in [1.29, 1.82) is 0 Å². The van der Waals surface area contributed by atoms with Gasteiger partial charge in [-0.1, -0.05) is 29.8 Å². The Labute approximate surface area is 160 Å². The lowest BCUT2D eigenvalue weighted by atomic mass is 10.1. The van der Waals surface area contributed by atoms with Gasteiger partial charge in [-0.2, -0.15) is 4.98 Å². The Morgan fingerprint density at radius 3 is 2.73 bits per heavy atom. The SMILES string of the molecule is Nc1cccc(C(=O)Nc2cccc(CNc3nc(Cl)ncc3Cl)c2)c1. The molecule has 0 aliphatic heterocycles. The van der Waals surface area contributed by atoms with Gasteiger partial charge in [0, 0.05) is 23.5 Å². The second kappa shape index (κ2) is 8.03. The molecule has 132 valence electrons. The summed E-state index contributed by atoms with van der Waals surface area (Å²) in [4.78, 5) is 20.1. The van der Waals surface area contributed by atoms with Gasteiger partial charge in [-0.25, -0.2) is 4.98 Å². The maximum Gasteiger partial charge on any atom is 0.255 e. The molecule has 0 spiro atoms. The first-order valence-corrected chi connectivity index (χ1v) is 8.44. The molecular formula is C18H15Cl2N5O. The number of anilines is 3. The summed E-state index contributed by atoms with van der Waals surface area (Å²) < 4.78 is 0. The fourth-order valence-electron chi connectivity index (χ4n) is 2.30. The van der Waals surface area contributed by atoms with Crippen molar-refractivity contribution in [2.75, 3.05) is 16.4 Å². The fourth-order valence-corrected chi connectivity index (χ4v) is 2.59. The summed E-state index contributed by atoms with van der Waals surface area (Å²) in [5, 5.41) is 6.43. The largest absolute Gasteiger partial charge is 0.399 e. The van der Waals surface area contributed by atoms with Crippen LogP contribution in [-0.4, -0.2) is 15.9 Å². The molecule has 3 aromatic rings. The van der Waals surface area contributed by atoms with Gasteiger partial charge in [-0.05, 0) is 47.5 Å². The minimum Gasteiger partial charge on any atom is -0.399 e. The molecule has 26 heavy (non-hydrogen) atoms. The highest BCUT2D eigenvalue weighted by Crippen LogP contribution is 2.21. The highest BCUT2D eigenvalue weighted by molar-refractivity contribution is 6.33. The van der Waals surface area contributed by atoms with E-state index < -0.39 is 0 Å². The van der Waals surface area contributed by atoms with E-state index in [1.807, 2.05) is 24.3 Å². The third-order valence-corrected chi connectivity index (χ3v) is 3.97. The first kappa shape index (κ1) is 18.0. The molecule has 0 bridgehead atoms. The number of nitrogens with zero attached hydrogens (tertiary/aromatic N) is 2. The molecule has 3 rings (SSSR count). The standard InChI is InChI=1S/C18H15Cl2N5O/c19-15-10-23-18(20)25-16(15)22-9-11-3-1-6-14(7-11)24-17(26)12-4-2-5-13(21)8-12/h1-8,10H,9,21H2,(H,24,26)(H,22,23,25). The average molecular weight is 388 g/mol. The monoisotopic (exact) mass is 387 g/mol. The third-order valence-electron chi connectivity index (χ3n) is 3.51. The van der Waals surface area contributed by atoms with E-state index in [1.165, 1.54) is 6.20 Å². The number of benzene rings is 2. The zero-order valence-corrected chi connectivity index (χ0v) is 15.1. The summed E-state index contributed by atoms with van der Waals surface area (Å²) >= 11 is 11.8. The molecule has 0 saturated carbocycles. The van der Waals surface area contributed by atoms with Crippen molar-refractivity contribution < 1.29 is 4.79 Å². The van der Waals surface area contributed by atoms with Crippen molar-refractivity contribution in [3.8, 4) is 0 Å². The first-order chi connectivity index (χ1) is 12.5. The predicted octanol–water partition coefficient (Wildman–Crippen LogP) is 4.23. The lowest BCUT2D eigenvalue weighted by molar-refractivity contribution is 0.102. The molecule has 0 unspecified atom stereocenters. The van der Waals surface area contributed by atoms with E-state index >= 15 is 0 Å². The topological polar surface area (TPSA) is 92.9 Å². The summed E-state index contributed by atoms with van der Waals surface area (Å²) in [6, 6.07) is 14.2. The highest BCUT2D eigenvalue weighted by atomic mass is 35.5. The van der Waals surface area contributed by atoms with Gasteiger partial charge in [0.2, 0.25) is 5.28 Å². The van der Waals surface area contributed by atoms with E-state index in [0.29, 0.717) is 34.3 Å². The normalized spacial score (nSPS) is 10.4. The van der Waals surface area contributed by atoms with E-state index in [4.69, 9.17) is 28.9 Å². The van der Waals surface area contributed by atoms with Crippen molar-refractivity contribution in [3.63, 3.8) is 0 Å². The van der Waals surface area contributed by atoms with Crippen molar-refractivity contribution in [3.05, 3.63) is 76.2 Å². The van der Waals surface area contributed by atoms with Gasteiger partial charge in [-0.3, -0.25) is 4.79 Å². The Bertz CT molecular complexity index is 948. The highest BCUT2D eigenvalue weighted by Gasteiger charge is 2.08. The van der Waals surface area contributed by atoms with Gasteiger partial charge in [0.1, 0.15) is 10.8 Å². The molecule has 0 radical (unpaired) electrons. The van der Waals surface area contributed by atoms with Crippen LogP contribution in [0, 0.1) is 0 Å². The molecule has 0 atom stereocenters. The number of nitrogen functional groups attached to an aromatic ring is 1.